The Labute approximate surface area is 165 Å². The van der Waals surface area contributed by atoms with Gasteiger partial charge in [-0.25, -0.2) is 4.79 Å². The second-order valence-corrected chi connectivity index (χ2v) is 5.29. The average molecular weight is 410 g/mol. The van der Waals surface area contributed by atoms with E-state index in [1.807, 2.05) is 0 Å². The summed E-state index contributed by atoms with van der Waals surface area (Å²) in [6.45, 7) is -5.05. The van der Waals surface area contributed by atoms with Crippen molar-refractivity contribution in [2.24, 2.45) is 0 Å². The lowest BCUT2D eigenvalue weighted by molar-refractivity contribution is -0.307. The van der Waals surface area contributed by atoms with Crippen LogP contribution in [0.15, 0.2) is 0 Å². The normalized spacial score (nSPS) is 28.5. The maximum Gasteiger partial charge on any atom is 0.329 e. The maximum absolute atomic E-state index is 11.8. The first-order valence-electron chi connectivity index (χ1n) is 10.4. The Bertz CT molecular complexity index is 690. The van der Waals surface area contributed by atoms with E-state index in [2.05, 4.69) is 0 Å². The van der Waals surface area contributed by atoms with Crippen molar-refractivity contribution in [1.29, 1.82) is 0 Å². The van der Waals surface area contributed by atoms with Crippen LogP contribution < -0.4 is 0 Å². The minimum atomic E-state index is -1.74. The Morgan fingerprint density at radius 2 is 1.39 bits per heavy atom. The molecule has 1 unspecified atom stereocenters. The van der Waals surface area contributed by atoms with E-state index in [4.69, 9.17) is 39.0 Å². The summed E-state index contributed by atoms with van der Waals surface area (Å²) < 4.78 is 58.7. The SMILES string of the molecule is [2H]CC(=O)OC[C@H]1OC(OCC(=O)O)[C@H](OC(=O)C[2H])[C@@H](OC(=O)C[2H])[C@@H]1OC(=O)C[2H]. The number of carbonyl (C=O) groups is 5. The van der Waals surface area contributed by atoms with Crippen molar-refractivity contribution in [2.75, 3.05) is 13.2 Å². The molecule has 0 aromatic carbocycles. The Balaban J connectivity index is 3.36. The van der Waals surface area contributed by atoms with Gasteiger partial charge < -0.3 is 33.5 Å². The highest BCUT2D eigenvalue weighted by atomic mass is 16.7. The first-order chi connectivity index (χ1) is 15.2. The van der Waals surface area contributed by atoms with Crippen molar-refractivity contribution in [1.82, 2.24) is 0 Å². The minimum Gasteiger partial charge on any atom is -0.480 e. The van der Waals surface area contributed by atoms with Gasteiger partial charge in [-0.05, 0) is 0 Å². The van der Waals surface area contributed by atoms with Gasteiger partial charge in [0.2, 0.25) is 0 Å². The smallest absolute Gasteiger partial charge is 0.329 e. The van der Waals surface area contributed by atoms with E-state index in [9.17, 15) is 24.0 Å². The molecule has 12 nitrogen and oxygen atoms in total. The van der Waals surface area contributed by atoms with E-state index in [0.717, 1.165) is 0 Å². The molecule has 1 N–H and O–H groups in total. The standard InChI is InChI=1S/C16H22O12/c1-7(17)23-5-11-13(25-8(2)18)14(26-9(3)19)15(27-10(4)20)16(28-11)24-6-12(21)22/h11,13-16H,5-6H2,1-4H3,(H,21,22)/t11-,13-,14+,15-,16?/m1/s1/i1D,2D,3D,4D. The molecule has 1 saturated heterocycles. The summed E-state index contributed by atoms with van der Waals surface area (Å²) in [6, 6.07) is 0. The quantitative estimate of drug-likeness (QED) is 0.391. The molecule has 0 amide bonds. The second kappa shape index (κ2) is 10.6. The summed E-state index contributed by atoms with van der Waals surface area (Å²) in [7, 11) is 0. The zero-order valence-electron chi connectivity index (χ0n) is 18.6. The van der Waals surface area contributed by atoms with Crippen molar-refractivity contribution in [3.8, 4) is 0 Å². The van der Waals surface area contributed by atoms with Gasteiger partial charge in [-0.2, -0.15) is 0 Å². The molecule has 28 heavy (non-hydrogen) atoms. The Hall–Kier alpha value is -2.73. The largest absolute Gasteiger partial charge is 0.480 e. The lowest BCUT2D eigenvalue weighted by Crippen LogP contribution is -2.63. The van der Waals surface area contributed by atoms with Gasteiger partial charge in [0.05, 0.1) is 0 Å². The van der Waals surface area contributed by atoms with Crippen LogP contribution >= 0.6 is 0 Å². The zero-order chi connectivity index (χ0) is 24.3. The van der Waals surface area contributed by atoms with Crippen LogP contribution in [0.1, 0.15) is 33.1 Å². The number of carboxylic acids is 1. The molecular formula is C16H22O12. The molecule has 0 aromatic rings. The van der Waals surface area contributed by atoms with Gasteiger partial charge in [0, 0.05) is 33.1 Å². The van der Waals surface area contributed by atoms with Crippen LogP contribution in [0.3, 0.4) is 0 Å². The van der Waals surface area contributed by atoms with Crippen LogP contribution in [-0.2, 0) is 52.4 Å². The molecule has 0 bridgehead atoms. The Morgan fingerprint density at radius 3 is 1.93 bits per heavy atom. The van der Waals surface area contributed by atoms with Crippen LogP contribution in [0.5, 0.6) is 0 Å². The number of hydrogen-bond donors (Lipinski definition) is 1. The molecule has 1 aliphatic rings. The Kier molecular flexibility index (Phi) is 6.56. The highest BCUT2D eigenvalue weighted by molar-refractivity contribution is 5.69. The topological polar surface area (TPSA) is 161 Å². The number of ether oxygens (including phenoxy) is 6. The number of rotatable bonds is 8. The van der Waals surface area contributed by atoms with Crippen molar-refractivity contribution in [3.05, 3.63) is 0 Å². The molecule has 5 atom stereocenters. The van der Waals surface area contributed by atoms with E-state index in [1.54, 1.807) is 0 Å². The van der Waals surface area contributed by atoms with E-state index in [1.165, 1.54) is 0 Å². The van der Waals surface area contributed by atoms with E-state index in [0.29, 0.717) is 0 Å². The highest BCUT2D eigenvalue weighted by Crippen LogP contribution is 2.29. The third-order valence-electron chi connectivity index (χ3n) is 3.17. The molecule has 0 aromatic heterocycles. The molecule has 0 radical (unpaired) electrons. The second-order valence-electron chi connectivity index (χ2n) is 5.29. The first kappa shape index (κ1) is 17.4. The lowest BCUT2D eigenvalue weighted by atomic mass is 9.98. The average Bonchev–Trinajstić information content (AvgIpc) is 2.78. The van der Waals surface area contributed by atoms with Gasteiger partial charge in [-0.1, -0.05) is 0 Å². The Morgan fingerprint density at radius 1 is 0.857 bits per heavy atom. The van der Waals surface area contributed by atoms with Crippen molar-refractivity contribution >= 4 is 29.8 Å². The van der Waals surface area contributed by atoms with Crippen LogP contribution in [0.4, 0.5) is 0 Å². The van der Waals surface area contributed by atoms with Gasteiger partial charge in [0.1, 0.15) is 19.3 Å². The summed E-state index contributed by atoms with van der Waals surface area (Å²) in [5, 5.41) is 8.88. The van der Waals surface area contributed by atoms with Gasteiger partial charge in [-0.3, -0.25) is 19.2 Å². The molecule has 1 heterocycles. The predicted molar refractivity (Wildman–Crippen MR) is 85.5 cm³/mol. The monoisotopic (exact) mass is 410 g/mol. The van der Waals surface area contributed by atoms with Gasteiger partial charge in [0.15, 0.2) is 24.6 Å². The lowest BCUT2D eigenvalue weighted by Gasteiger charge is -2.43. The fourth-order valence-electron chi connectivity index (χ4n) is 2.33. The van der Waals surface area contributed by atoms with Crippen molar-refractivity contribution in [3.63, 3.8) is 0 Å². The van der Waals surface area contributed by atoms with Crippen LogP contribution in [-0.4, -0.2) is 78.9 Å². The third kappa shape index (κ3) is 7.48. The molecule has 1 fully saturated rings. The molecular weight excluding hydrogens is 384 g/mol. The summed E-state index contributed by atoms with van der Waals surface area (Å²) in [5.41, 5.74) is 0. The van der Waals surface area contributed by atoms with Crippen LogP contribution in [0, 0.1) is 0 Å². The summed E-state index contributed by atoms with van der Waals surface area (Å²) in [5.74, 6) is -5.88. The number of esters is 4. The van der Waals surface area contributed by atoms with E-state index < -0.39 is 101 Å². The molecule has 158 valence electrons. The number of hydrogen-bond acceptors (Lipinski definition) is 11. The summed E-state index contributed by atoms with van der Waals surface area (Å²) in [6.07, 6.45) is -8.32. The molecule has 1 rings (SSSR count). The maximum atomic E-state index is 11.8. The minimum absolute atomic E-state index is 0.672. The summed E-state index contributed by atoms with van der Waals surface area (Å²) in [4.78, 5) is 57.6. The van der Waals surface area contributed by atoms with Gasteiger partial charge in [0.25, 0.3) is 0 Å². The van der Waals surface area contributed by atoms with E-state index >= 15 is 0 Å². The van der Waals surface area contributed by atoms with Gasteiger partial charge in [-0.15, -0.1) is 0 Å². The summed E-state index contributed by atoms with van der Waals surface area (Å²) >= 11 is 0. The molecule has 0 spiro atoms. The highest BCUT2D eigenvalue weighted by Gasteiger charge is 2.52. The third-order valence-corrected chi connectivity index (χ3v) is 3.17. The van der Waals surface area contributed by atoms with Crippen LogP contribution in [0.2, 0.25) is 0 Å². The first-order valence-corrected chi connectivity index (χ1v) is 7.56. The number of aliphatic carboxylic acids is 1. The fraction of sp³-hybridized carbons (Fsp3) is 0.688. The fourth-order valence-corrected chi connectivity index (χ4v) is 2.33. The van der Waals surface area contributed by atoms with Crippen LogP contribution in [0.25, 0.3) is 0 Å². The van der Waals surface area contributed by atoms with Crippen molar-refractivity contribution in [2.45, 2.75) is 58.3 Å². The number of carboxylic acid groups (broad SMARTS) is 1. The molecule has 0 aliphatic carbocycles. The van der Waals surface area contributed by atoms with E-state index in [-0.39, 0.29) is 0 Å². The number of carbonyl (C=O) groups excluding carboxylic acids is 4. The molecule has 12 heteroatoms. The predicted octanol–water partition coefficient (Wildman–Crippen LogP) is -0.829. The molecule has 1 aliphatic heterocycles. The van der Waals surface area contributed by atoms with Gasteiger partial charge >= 0.3 is 29.8 Å². The van der Waals surface area contributed by atoms with Crippen molar-refractivity contribution < 1.29 is 63.0 Å². The zero-order valence-corrected chi connectivity index (χ0v) is 14.6. The molecule has 0 saturated carbocycles.